The lowest BCUT2D eigenvalue weighted by Gasteiger charge is -2.37. The number of carbonyl (C=O) groups is 2. The average Bonchev–Trinajstić information content (AvgIpc) is 3.47. The number of halogens is 2. The molecular weight excluding hydrogens is 610 g/mol. The molecule has 4 aromatic rings. The van der Waals surface area contributed by atoms with Crippen molar-refractivity contribution in [2.45, 2.75) is 57.2 Å². The van der Waals surface area contributed by atoms with Crippen LogP contribution in [-0.2, 0) is 11.2 Å². The van der Waals surface area contributed by atoms with Crippen molar-refractivity contribution in [3.8, 4) is 17.0 Å². The van der Waals surface area contributed by atoms with Crippen LogP contribution < -0.4 is 37.5 Å². The summed E-state index contributed by atoms with van der Waals surface area (Å²) in [5.74, 6) is -2.49. The van der Waals surface area contributed by atoms with Crippen LogP contribution in [0.1, 0.15) is 48.5 Å². The molecule has 2 heterocycles. The van der Waals surface area contributed by atoms with Gasteiger partial charge in [-0.15, -0.1) is 0 Å². The third-order valence-corrected chi connectivity index (χ3v) is 8.13. The molecule has 2 aromatic heterocycles. The van der Waals surface area contributed by atoms with Gasteiger partial charge < -0.3 is 37.5 Å². The van der Waals surface area contributed by atoms with Gasteiger partial charge in [-0.25, -0.2) is 14.4 Å². The van der Waals surface area contributed by atoms with E-state index in [0.717, 1.165) is 5.56 Å². The van der Waals surface area contributed by atoms with Crippen LogP contribution in [0.25, 0.3) is 16.9 Å². The Labute approximate surface area is 270 Å². The molecule has 0 aliphatic heterocycles. The number of ether oxygens (including phenoxy) is 1. The zero-order valence-electron chi connectivity index (χ0n) is 26.1. The van der Waals surface area contributed by atoms with Crippen molar-refractivity contribution < 1.29 is 23.1 Å². The van der Waals surface area contributed by atoms with Gasteiger partial charge >= 0.3 is 0 Å². The maximum atomic E-state index is 14.9. The van der Waals surface area contributed by atoms with Gasteiger partial charge in [-0.05, 0) is 68.0 Å². The van der Waals surface area contributed by atoms with Crippen molar-refractivity contribution in [2.24, 2.45) is 11.5 Å². The van der Waals surface area contributed by atoms with Gasteiger partial charge in [0.15, 0.2) is 29.0 Å². The Bertz CT molecular complexity index is 1790. The first kappa shape index (κ1) is 33.1. The van der Waals surface area contributed by atoms with E-state index in [1.165, 1.54) is 31.6 Å². The highest BCUT2D eigenvalue weighted by atomic mass is 19.2. The first-order chi connectivity index (χ1) is 22.6. The zero-order chi connectivity index (χ0) is 33.7. The van der Waals surface area contributed by atoms with E-state index in [0.29, 0.717) is 67.1 Å². The standard InChI is InChI=1S/C32H38F2N10O3/c1-3-17-13-18(41-28-29-40-16-24(44(29)12-11-38-28)22-8-9-25(47-2)27(34)26(22)33)6-7-21(17)30(45)42-19-14-20(15-19)43-31(46)23(35)5-4-10-39-32(36)37/h6-9,11-13,16,19-20,23H,3-5,10,14-15,35H2,1-2H3,(H,38,41)(H,42,45)(H,43,46)(H4,36,37,39)/t19?,20?,23-/m0/s1. The first-order valence-corrected chi connectivity index (χ1v) is 15.3. The number of rotatable bonds is 13. The van der Waals surface area contributed by atoms with Crippen LogP contribution in [0.3, 0.4) is 0 Å². The number of imidazole rings is 1. The SMILES string of the molecule is CCc1cc(Nc2nccn3c(-c4ccc(OC)c(F)c4F)cnc23)ccc1C(=O)NC1CC(NC(=O)[C@@H](N)CCCNC(=N)N)C1. The van der Waals surface area contributed by atoms with Gasteiger partial charge in [0.25, 0.3) is 5.91 Å². The lowest BCUT2D eigenvalue weighted by atomic mass is 9.86. The minimum atomic E-state index is -1.08. The number of nitrogens with one attached hydrogen (secondary N) is 5. The third kappa shape index (κ3) is 7.41. The summed E-state index contributed by atoms with van der Waals surface area (Å²) in [6.07, 6.45) is 7.44. The van der Waals surface area contributed by atoms with E-state index in [2.05, 4.69) is 31.2 Å². The minimum Gasteiger partial charge on any atom is -0.494 e. The van der Waals surface area contributed by atoms with Crippen LogP contribution in [-0.4, -0.2) is 63.9 Å². The number of fused-ring (bicyclic) bond motifs is 1. The summed E-state index contributed by atoms with van der Waals surface area (Å²) in [6.45, 7) is 2.42. The average molecular weight is 649 g/mol. The molecule has 1 fully saturated rings. The van der Waals surface area contributed by atoms with Crippen LogP contribution in [0.5, 0.6) is 5.75 Å². The van der Waals surface area contributed by atoms with Crippen LogP contribution in [0.4, 0.5) is 20.3 Å². The van der Waals surface area contributed by atoms with Gasteiger partial charge in [0.1, 0.15) is 0 Å². The smallest absolute Gasteiger partial charge is 0.251 e. The number of anilines is 2. The minimum absolute atomic E-state index is 0.0237. The number of guanidine groups is 1. The van der Waals surface area contributed by atoms with Gasteiger partial charge in [0, 0.05) is 47.8 Å². The highest BCUT2D eigenvalue weighted by Crippen LogP contribution is 2.32. The Kier molecular flexibility index (Phi) is 10.1. The fraction of sp³-hybridized carbons (Fsp3) is 0.344. The molecule has 0 saturated heterocycles. The summed E-state index contributed by atoms with van der Waals surface area (Å²) in [7, 11) is 1.27. The van der Waals surface area contributed by atoms with E-state index in [4.69, 9.17) is 21.6 Å². The first-order valence-electron chi connectivity index (χ1n) is 15.3. The van der Waals surface area contributed by atoms with E-state index in [9.17, 15) is 18.4 Å². The summed E-state index contributed by atoms with van der Waals surface area (Å²) < 4.78 is 35.8. The van der Waals surface area contributed by atoms with Crippen LogP contribution in [0, 0.1) is 17.0 Å². The Balaban J connectivity index is 1.19. The lowest BCUT2D eigenvalue weighted by Crippen LogP contribution is -2.56. The molecule has 47 heavy (non-hydrogen) atoms. The van der Waals surface area contributed by atoms with E-state index in [-0.39, 0.29) is 41.2 Å². The van der Waals surface area contributed by atoms with Gasteiger partial charge in [0.05, 0.1) is 25.0 Å². The number of nitrogens with zero attached hydrogens (tertiary/aromatic N) is 3. The second-order valence-electron chi connectivity index (χ2n) is 11.3. The molecule has 1 atom stereocenters. The molecule has 0 bridgehead atoms. The molecule has 1 aliphatic carbocycles. The number of aromatic nitrogens is 3. The molecule has 9 N–H and O–H groups in total. The highest BCUT2D eigenvalue weighted by molar-refractivity contribution is 5.96. The molecule has 15 heteroatoms. The topological polar surface area (TPSA) is 198 Å². The van der Waals surface area contributed by atoms with Gasteiger partial charge in [-0.2, -0.15) is 4.39 Å². The third-order valence-electron chi connectivity index (χ3n) is 8.13. The number of nitrogens with two attached hydrogens (primary N) is 2. The molecule has 5 rings (SSSR count). The highest BCUT2D eigenvalue weighted by Gasteiger charge is 2.33. The van der Waals surface area contributed by atoms with E-state index < -0.39 is 17.7 Å². The Morgan fingerprint density at radius 3 is 2.62 bits per heavy atom. The monoisotopic (exact) mass is 648 g/mol. The van der Waals surface area contributed by atoms with Gasteiger partial charge in [-0.3, -0.25) is 19.4 Å². The number of hydrogen-bond donors (Lipinski definition) is 7. The molecule has 2 amide bonds. The van der Waals surface area contributed by atoms with Crippen molar-refractivity contribution in [3.05, 3.63) is 71.7 Å². The quantitative estimate of drug-likeness (QED) is 0.0647. The number of hydrogen-bond acceptors (Lipinski definition) is 8. The number of aryl methyl sites for hydroxylation is 1. The van der Waals surface area contributed by atoms with Crippen molar-refractivity contribution in [1.82, 2.24) is 30.3 Å². The molecule has 2 aromatic carbocycles. The molecule has 1 saturated carbocycles. The number of carbonyl (C=O) groups excluding carboxylic acids is 2. The summed E-state index contributed by atoms with van der Waals surface area (Å²) in [5.41, 5.74) is 14.0. The maximum Gasteiger partial charge on any atom is 0.251 e. The van der Waals surface area contributed by atoms with Crippen molar-refractivity contribution in [2.75, 3.05) is 19.0 Å². The summed E-state index contributed by atoms with van der Waals surface area (Å²) in [5, 5.41) is 19.0. The van der Waals surface area contributed by atoms with Crippen molar-refractivity contribution >= 4 is 34.9 Å². The molecular formula is C32H38F2N10O3. The molecule has 1 aliphatic rings. The zero-order valence-corrected chi connectivity index (χ0v) is 26.1. The van der Waals surface area contributed by atoms with Crippen molar-refractivity contribution in [3.63, 3.8) is 0 Å². The Morgan fingerprint density at radius 2 is 1.89 bits per heavy atom. The summed E-state index contributed by atoms with van der Waals surface area (Å²) in [4.78, 5) is 34.4. The van der Waals surface area contributed by atoms with Crippen LogP contribution in [0.15, 0.2) is 48.9 Å². The molecule has 13 nitrogen and oxygen atoms in total. The largest absolute Gasteiger partial charge is 0.494 e. The number of methoxy groups -OCH3 is 1. The lowest BCUT2D eigenvalue weighted by molar-refractivity contribution is -0.123. The van der Waals surface area contributed by atoms with Gasteiger partial charge in [-0.1, -0.05) is 6.92 Å². The fourth-order valence-electron chi connectivity index (χ4n) is 5.52. The second-order valence-corrected chi connectivity index (χ2v) is 11.3. The number of amides is 2. The van der Waals surface area contributed by atoms with E-state index >= 15 is 0 Å². The summed E-state index contributed by atoms with van der Waals surface area (Å²) >= 11 is 0. The maximum absolute atomic E-state index is 14.9. The second kappa shape index (κ2) is 14.4. The van der Waals surface area contributed by atoms with Crippen LogP contribution >= 0.6 is 0 Å². The predicted molar refractivity (Wildman–Crippen MR) is 174 cm³/mol. The van der Waals surface area contributed by atoms with Crippen molar-refractivity contribution in [1.29, 1.82) is 5.41 Å². The molecule has 0 radical (unpaired) electrons. The Hall–Kier alpha value is -5.31. The van der Waals surface area contributed by atoms with E-state index in [1.54, 1.807) is 22.7 Å². The molecule has 248 valence electrons. The van der Waals surface area contributed by atoms with Crippen LogP contribution in [0.2, 0.25) is 0 Å². The summed E-state index contributed by atoms with van der Waals surface area (Å²) in [6, 6.07) is 7.35. The Morgan fingerprint density at radius 1 is 1.13 bits per heavy atom. The molecule has 0 spiro atoms. The fourth-order valence-corrected chi connectivity index (χ4v) is 5.52. The van der Waals surface area contributed by atoms with E-state index in [1.807, 2.05) is 13.0 Å². The predicted octanol–water partition coefficient (Wildman–Crippen LogP) is 2.96. The number of benzene rings is 2. The molecule has 0 unspecified atom stereocenters. The normalized spacial score (nSPS) is 16.2. The van der Waals surface area contributed by atoms with Gasteiger partial charge in [0.2, 0.25) is 11.7 Å².